The number of nitrogen functional groups attached to an aromatic ring is 1. The van der Waals surface area contributed by atoms with E-state index in [4.69, 9.17) is 5.73 Å². The molecule has 2 heterocycles. The van der Waals surface area contributed by atoms with Gasteiger partial charge in [0.2, 0.25) is 0 Å². The number of nitrogens with one attached hydrogen (secondary N) is 1. The topological polar surface area (TPSA) is 88.6 Å². The summed E-state index contributed by atoms with van der Waals surface area (Å²) in [5, 5.41) is 13.4. The number of nitrogens with two attached hydrogens (primary N) is 1. The SMILES string of the molecule is CCN(CCN(C)C)C(=O)NC1CC2Cc3c(sc(N)c3C#N)CC2N(C)C1. The zero-order chi connectivity index (χ0) is 20.4. The molecule has 1 fully saturated rings. The third kappa shape index (κ3) is 4.27. The number of thiophene rings is 1. The highest BCUT2D eigenvalue weighted by Crippen LogP contribution is 2.41. The first kappa shape index (κ1) is 20.9. The highest BCUT2D eigenvalue weighted by atomic mass is 32.1. The Balaban J connectivity index is 1.66. The lowest BCUT2D eigenvalue weighted by Gasteiger charge is -2.45. The van der Waals surface area contributed by atoms with Gasteiger partial charge in [-0.05, 0) is 58.8 Å². The van der Waals surface area contributed by atoms with Crippen molar-refractivity contribution in [3.63, 3.8) is 0 Å². The molecule has 3 rings (SSSR count). The first-order valence-corrected chi connectivity index (χ1v) is 10.9. The van der Waals surface area contributed by atoms with E-state index < -0.39 is 0 Å². The number of nitrogens with zero attached hydrogens (tertiary/aromatic N) is 4. The summed E-state index contributed by atoms with van der Waals surface area (Å²) in [6.45, 7) is 5.17. The number of nitriles is 1. The molecule has 0 aromatic carbocycles. The van der Waals surface area contributed by atoms with E-state index in [0.717, 1.165) is 44.5 Å². The molecule has 0 spiro atoms. The van der Waals surface area contributed by atoms with Crippen LogP contribution in [0.5, 0.6) is 0 Å². The number of anilines is 1. The van der Waals surface area contributed by atoms with Gasteiger partial charge in [0, 0.05) is 43.1 Å². The van der Waals surface area contributed by atoms with Crippen molar-refractivity contribution in [3.05, 3.63) is 16.0 Å². The van der Waals surface area contributed by atoms with Crippen LogP contribution in [0.4, 0.5) is 9.80 Å². The lowest BCUT2D eigenvalue weighted by atomic mass is 9.76. The summed E-state index contributed by atoms with van der Waals surface area (Å²) in [5.74, 6) is 0.439. The third-order valence-corrected chi connectivity index (χ3v) is 7.19. The minimum absolute atomic E-state index is 0.0233. The summed E-state index contributed by atoms with van der Waals surface area (Å²) in [6.07, 6.45) is 2.79. The largest absolute Gasteiger partial charge is 0.389 e. The van der Waals surface area contributed by atoms with Gasteiger partial charge >= 0.3 is 6.03 Å². The molecule has 1 aliphatic carbocycles. The third-order valence-electron chi connectivity index (χ3n) is 6.11. The Labute approximate surface area is 172 Å². The fraction of sp³-hybridized carbons (Fsp3) is 0.700. The monoisotopic (exact) mass is 404 g/mol. The maximum Gasteiger partial charge on any atom is 0.317 e. The van der Waals surface area contributed by atoms with E-state index in [0.29, 0.717) is 29.1 Å². The predicted octanol–water partition coefficient (Wildman–Crippen LogP) is 1.58. The van der Waals surface area contributed by atoms with Crippen LogP contribution in [0.15, 0.2) is 0 Å². The molecule has 1 aromatic heterocycles. The molecule has 3 unspecified atom stereocenters. The number of hydrogen-bond acceptors (Lipinski definition) is 6. The van der Waals surface area contributed by atoms with Crippen LogP contribution in [0.3, 0.4) is 0 Å². The normalized spacial score (nSPS) is 24.4. The summed E-state index contributed by atoms with van der Waals surface area (Å²) in [7, 11) is 6.19. The van der Waals surface area contributed by atoms with Crippen LogP contribution in [0.2, 0.25) is 0 Å². The molecule has 2 amide bonds. The molecular formula is C20H32N6OS. The molecule has 3 atom stereocenters. The second kappa shape index (κ2) is 8.68. The van der Waals surface area contributed by atoms with Gasteiger partial charge in [0.1, 0.15) is 11.1 Å². The van der Waals surface area contributed by atoms with Gasteiger partial charge in [-0.15, -0.1) is 11.3 Å². The number of amides is 2. The van der Waals surface area contributed by atoms with Crippen LogP contribution in [-0.4, -0.2) is 80.1 Å². The summed E-state index contributed by atoms with van der Waals surface area (Å²) in [5.41, 5.74) is 7.88. The van der Waals surface area contributed by atoms with Crippen molar-refractivity contribution in [2.45, 2.75) is 38.3 Å². The first-order chi connectivity index (χ1) is 13.3. The standard InChI is InChI=1S/C20H32N6OS/c1-5-26(7-6-24(2)3)20(27)23-14-8-13-9-15-16(11-21)19(22)28-18(15)10-17(13)25(4)12-14/h13-14,17H,5-10,12,22H2,1-4H3,(H,23,27). The van der Waals surface area contributed by atoms with Gasteiger partial charge in [-0.2, -0.15) is 5.26 Å². The fourth-order valence-electron chi connectivity index (χ4n) is 4.57. The number of carbonyl (C=O) groups excluding carboxylic acids is 1. The maximum absolute atomic E-state index is 12.7. The zero-order valence-corrected chi connectivity index (χ0v) is 18.2. The van der Waals surface area contributed by atoms with Crippen LogP contribution in [-0.2, 0) is 12.8 Å². The number of hydrogen-bond donors (Lipinski definition) is 2. The Morgan fingerprint density at radius 3 is 2.79 bits per heavy atom. The molecule has 0 radical (unpaired) electrons. The Bertz CT molecular complexity index is 755. The van der Waals surface area contributed by atoms with E-state index in [1.54, 1.807) is 11.3 Å². The van der Waals surface area contributed by atoms with Gasteiger partial charge in [0.25, 0.3) is 0 Å². The Hall–Kier alpha value is -1.82. The van der Waals surface area contributed by atoms with Gasteiger partial charge in [0.05, 0.1) is 5.56 Å². The second-order valence-electron chi connectivity index (χ2n) is 8.30. The highest BCUT2D eigenvalue weighted by Gasteiger charge is 2.40. The maximum atomic E-state index is 12.7. The average Bonchev–Trinajstić information content (AvgIpc) is 2.94. The van der Waals surface area contributed by atoms with Gasteiger partial charge in [-0.25, -0.2) is 4.79 Å². The van der Waals surface area contributed by atoms with E-state index in [2.05, 4.69) is 28.2 Å². The molecule has 3 N–H and O–H groups in total. The lowest BCUT2D eigenvalue weighted by Crippen LogP contribution is -2.58. The van der Waals surface area contributed by atoms with Gasteiger partial charge in [-0.3, -0.25) is 0 Å². The van der Waals surface area contributed by atoms with Crippen molar-refractivity contribution in [2.75, 3.05) is 53.1 Å². The molecule has 0 bridgehead atoms. The van der Waals surface area contributed by atoms with Crippen molar-refractivity contribution >= 4 is 22.4 Å². The smallest absolute Gasteiger partial charge is 0.317 e. The molecule has 1 saturated heterocycles. The van der Waals surface area contributed by atoms with E-state index in [1.807, 2.05) is 25.9 Å². The van der Waals surface area contributed by atoms with Gasteiger partial charge in [0.15, 0.2) is 0 Å². The van der Waals surface area contributed by atoms with Crippen LogP contribution >= 0.6 is 11.3 Å². The van der Waals surface area contributed by atoms with Crippen molar-refractivity contribution in [2.24, 2.45) is 5.92 Å². The Morgan fingerprint density at radius 1 is 1.39 bits per heavy atom. The molecule has 1 aromatic rings. The van der Waals surface area contributed by atoms with Crippen molar-refractivity contribution in [1.29, 1.82) is 5.26 Å². The number of likely N-dealkylation sites (N-methyl/N-ethyl adjacent to an activating group) is 3. The molecule has 154 valence electrons. The number of urea groups is 1. The lowest BCUT2D eigenvalue weighted by molar-refractivity contribution is 0.0868. The number of likely N-dealkylation sites (tertiary alicyclic amines) is 1. The Morgan fingerprint density at radius 2 is 2.14 bits per heavy atom. The van der Waals surface area contributed by atoms with Gasteiger partial charge < -0.3 is 25.8 Å². The molecule has 8 heteroatoms. The summed E-state index contributed by atoms with van der Waals surface area (Å²) < 4.78 is 0. The number of carbonyl (C=O) groups is 1. The molecule has 0 saturated carbocycles. The van der Waals surface area contributed by atoms with Crippen LogP contribution in [0, 0.1) is 17.2 Å². The summed E-state index contributed by atoms with van der Waals surface area (Å²) in [4.78, 5) is 20.4. The van der Waals surface area contributed by atoms with E-state index in [9.17, 15) is 10.1 Å². The highest BCUT2D eigenvalue weighted by molar-refractivity contribution is 7.16. The van der Waals surface area contributed by atoms with Crippen LogP contribution in [0.25, 0.3) is 0 Å². The van der Waals surface area contributed by atoms with Crippen molar-refractivity contribution in [1.82, 2.24) is 20.0 Å². The number of rotatable bonds is 5. The zero-order valence-electron chi connectivity index (χ0n) is 17.4. The van der Waals surface area contributed by atoms with E-state index in [-0.39, 0.29) is 12.1 Å². The van der Waals surface area contributed by atoms with E-state index in [1.165, 1.54) is 4.88 Å². The van der Waals surface area contributed by atoms with Crippen LogP contribution in [0.1, 0.15) is 29.3 Å². The van der Waals surface area contributed by atoms with E-state index >= 15 is 0 Å². The minimum Gasteiger partial charge on any atom is -0.389 e. The number of piperidine rings is 1. The quantitative estimate of drug-likeness (QED) is 0.778. The second-order valence-corrected chi connectivity index (χ2v) is 9.43. The molecular weight excluding hydrogens is 372 g/mol. The summed E-state index contributed by atoms with van der Waals surface area (Å²) >= 11 is 1.57. The van der Waals surface area contributed by atoms with Crippen molar-refractivity contribution in [3.8, 4) is 6.07 Å². The summed E-state index contributed by atoms with van der Waals surface area (Å²) in [6, 6.07) is 2.91. The number of fused-ring (bicyclic) bond motifs is 2. The van der Waals surface area contributed by atoms with Crippen LogP contribution < -0.4 is 11.1 Å². The molecule has 7 nitrogen and oxygen atoms in total. The van der Waals surface area contributed by atoms with Crippen molar-refractivity contribution < 1.29 is 4.79 Å². The molecule has 2 aliphatic rings. The minimum atomic E-state index is 0.0233. The molecule has 28 heavy (non-hydrogen) atoms. The average molecular weight is 405 g/mol. The predicted molar refractivity (Wildman–Crippen MR) is 114 cm³/mol. The first-order valence-electron chi connectivity index (χ1n) is 10.0. The Kier molecular flexibility index (Phi) is 6.48. The van der Waals surface area contributed by atoms with Gasteiger partial charge in [-0.1, -0.05) is 0 Å². The fourth-order valence-corrected chi connectivity index (χ4v) is 5.66. The molecule has 1 aliphatic heterocycles.